The average Bonchev–Trinajstić information content (AvgIpc) is 2.49. The Bertz CT molecular complexity index is 675. The molecule has 1 amide bonds. The zero-order valence-corrected chi connectivity index (χ0v) is 11.3. The molecule has 21 heavy (non-hydrogen) atoms. The highest BCUT2D eigenvalue weighted by Crippen LogP contribution is 2.36. The van der Waals surface area contributed by atoms with Crippen LogP contribution in [0.3, 0.4) is 0 Å². The van der Waals surface area contributed by atoms with Gasteiger partial charge in [0.1, 0.15) is 25.6 Å². The zero-order valence-electron chi connectivity index (χ0n) is 11.3. The van der Waals surface area contributed by atoms with E-state index in [1.54, 1.807) is 6.20 Å². The smallest absolute Gasteiger partial charge is 0.404 e. The van der Waals surface area contributed by atoms with Crippen molar-refractivity contribution >= 4 is 22.7 Å². The molecule has 0 bridgehead atoms. The van der Waals surface area contributed by atoms with Crippen molar-refractivity contribution < 1.29 is 19.0 Å². The van der Waals surface area contributed by atoms with Gasteiger partial charge in [0.2, 0.25) is 0 Å². The molecule has 3 rings (SSSR count). The number of nitrogens with two attached hydrogens (primary N) is 1. The summed E-state index contributed by atoms with van der Waals surface area (Å²) in [6, 6.07) is 5.73. The van der Waals surface area contributed by atoms with E-state index in [1.165, 1.54) is 0 Å². The van der Waals surface area contributed by atoms with Crippen LogP contribution < -0.4 is 20.5 Å². The molecule has 110 valence electrons. The maximum absolute atomic E-state index is 10.5. The van der Waals surface area contributed by atoms with Crippen LogP contribution in [-0.4, -0.2) is 37.4 Å². The number of primary amides is 1. The number of aromatic nitrogens is 1. The van der Waals surface area contributed by atoms with Gasteiger partial charge < -0.3 is 25.3 Å². The van der Waals surface area contributed by atoms with Crippen molar-refractivity contribution in [3.05, 3.63) is 24.4 Å². The second-order valence-electron chi connectivity index (χ2n) is 4.47. The molecule has 0 atom stereocenters. The van der Waals surface area contributed by atoms with Crippen LogP contribution in [0.25, 0.3) is 10.8 Å². The predicted octanol–water partition coefficient (Wildman–Crippen LogP) is 1.51. The molecule has 1 aromatic heterocycles. The Balaban J connectivity index is 1.83. The standard InChI is InChI=1S/C14H15N3O4/c15-14(18)21-4-3-17-13-10-8-12-11(19-5-6-20-12)7-9(10)1-2-16-13/h1-2,7-8H,3-6H2,(H2,15,18)(H,16,17). The number of carbonyl (C=O) groups excluding carboxylic acids is 1. The van der Waals surface area contributed by atoms with Crippen LogP contribution in [0, 0.1) is 0 Å². The van der Waals surface area contributed by atoms with Crippen LogP contribution >= 0.6 is 0 Å². The summed E-state index contributed by atoms with van der Waals surface area (Å²) >= 11 is 0. The lowest BCUT2D eigenvalue weighted by Crippen LogP contribution is -2.18. The third-order valence-corrected chi connectivity index (χ3v) is 3.07. The van der Waals surface area contributed by atoms with Crippen LogP contribution in [0.4, 0.5) is 10.6 Å². The van der Waals surface area contributed by atoms with Gasteiger partial charge in [0.15, 0.2) is 11.5 Å². The Morgan fingerprint density at radius 3 is 2.86 bits per heavy atom. The van der Waals surface area contributed by atoms with Gasteiger partial charge in [-0.05, 0) is 23.6 Å². The summed E-state index contributed by atoms with van der Waals surface area (Å²) in [7, 11) is 0. The van der Waals surface area contributed by atoms with Gasteiger partial charge in [-0.1, -0.05) is 0 Å². The minimum atomic E-state index is -0.790. The molecule has 0 unspecified atom stereocenters. The highest BCUT2D eigenvalue weighted by Gasteiger charge is 2.14. The lowest BCUT2D eigenvalue weighted by atomic mass is 10.1. The van der Waals surface area contributed by atoms with Gasteiger partial charge in [0.25, 0.3) is 0 Å². The number of carbonyl (C=O) groups is 1. The molecule has 1 aliphatic heterocycles. The molecule has 7 nitrogen and oxygen atoms in total. The number of fused-ring (bicyclic) bond motifs is 2. The minimum absolute atomic E-state index is 0.179. The molecule has 0 saturated carbocycles. The summed E-state index contributed by atoms with van der Waals surface area (Å²) in [6.45, 7) is 1.69. The summed E-state index contributed by atoms with van der Waals surface area (Å²) in [5.41, 5.74) is 4.90. The summed E-state index contributed by atoms with van der Waals surface area (Å²) < 4.78 is 15.8. The highest BCUT2D eigenvalue weighted by atomic mass is 16.6. The van der Waals surface area contributed by atoms with E-state index in [0.29, 0.717) is 31.3 Å². The van der Waals surface area contributed by atoms with Crippen LogP contribution in [0.2, 0.25) is 0 Å². The topological polar surface area (TPSA) is 95.7 Å². The number of anilines is 1. The number of nitrogens with zero attached hydrogens (tertiary/aromatic N) is 1. The maximum atomic E-state index is 10.5. The van der Waals surface area contributed by atoms with Crippen LogP contribution in [-0.2, 0) is 4.74 Å². The Kier molecular flexibility index (Phi) is 3.63. The first-order valence-corrected chi connectivity index (χ1v) is 6.58. The largest absolute Gasteiger partial charge is 0.486 e. The number of amides is 1. The van der Waals surface area contributed by atoms with Crippen molar-refractivity contribution in [3.63, 3.8) is 0 Å². The molecular weight excluding hydrogens is 274 g/mol. The molecule has 7 heteroatoms. The fourth-order valence-electron chi connectivity index (χ4n) is 2.17. The predicted molar refractivity (Wildman–Crippen MR) is 76.8 cm³/mol. The van der Waals surface area contributed by atoms with Gasteiger partial charge in [-0.25, -0.2) is 9.78 Å². The van der Waals surface area contributed by atoms with Gasteiger partial charge in [-0.3, -0.25) is 0 Å². The third-order valence-electron chi connectivity index (χ3n) is 3.07. The fraction of sp³-hybridized carbons (Fsp3) is 0.286. The van der Waals surface area contributed by atoms with E-state index < -0.39 is 6.09 Å². The normalized spacial score (nSPS) is 13.0. The van der Waals surface area contributed by atoms with Gasteiger partial charge in [-0.2, -0.15) is 0 Å². The van der Waals surface area contributed by atoms with Crippen molar-refractivity contribution in [1.82, 2.24) is 4.98 Å². The van der Waals surface area contributed by atoms with Gasteiger partial charge in [0, 0.05) is 11.6 Å². The van der Waals surface area contributed by atoms with Crippen molar-refractivity contribution in [1.29, 1.82) is 0 Å². The van der Waals surface area contributed by atoms with Crippen molar-refractivity contribution in [2.24, 2.45) is 5.73 Å². The van der Waals surface area contributed by atoms with Gasteiger partial charge >= 0.3 is 6.09 Å². The fourth-order valence-corrected chi connectivity index (χ4v) is 2.17. The second-order valence-corrected chi connectivity index (χ2v) is 4.47. The molecule has 0 fully saturated rings. The summed E-state index contributed by atoms with van der Waals surface area (Å²) in [6.07, 6.45) is 0.915. The van der Waals surface area contributed by atoms with Crippen LogP contribution in [0.5, 0.6) is 11.5 Å². The van der Waals surface area contributed by atoms with Crippen LogP contribution in [0.1, 0.15) is 0 Å². The zero-order chi connectivity index (χ0) is 14.7. The molecule has 1 aromatic carbocycles. The quantitative estimate of drug-likeness (QED) is 0.828. The molecule has 0 aliphatic carbocycles. The van der Waals surface area contributed by atoms with Gasteiger partial charge in [-0.15, -0.1) is 0 Å². The highest BCUT2D eigenvalue weighted by molar-refractivity contribution is 5.94. The van der Waals surface area contributed by atoms with Crippen molar-refractivity contribution in [2.45, 2.75) is 0 Å². The molecule has 0 spiro atoms. The van der Waals surface area contributed by atoms with Crippen LogP contribution in [0.15, 0.2) is 24.4 Å². The number of pyridine rings is 1. The number of hydrogen-bond acceptors (Lipinski definition) is 6. The lowest BCUT2D eigenvalue weighted by molar-refractivity contribution is 0.161. The Hall–Kier alpha value is -2.70. The molecular formula is C14H15N3O4. The van der Waals surface area contributed by atoms with Gasteiger partial charge in [0.05, 0.1) is 6.54 Å². The first-order valence-electron chi connectivity index (χ1n) is 6.58. The van der Waals surface area contributed by atoms with E-state index in [2.05, 4.69) is 15.0 Å². The molecule has 2 aromatic rings. The summed E-state index contributed by atoms with van der Waals surface area (Å²) in [5, 5.41) is 5.02. The summed E-state index contributed by atoms with van der Waals surface area (Å²) in [4.78, 5) is 14.8. The molecule has 3 N–H and O–H groups in total. The lowest BCUT2D eigenvalue weighted by Gasteiger charge is -2.19. The second kappa shape index (κ2) is 5.74. The van der Waals surface area contributed by atoms with E-state index in [-0.39, 0.29) is 6.61 Å². The number of rotatable bonds is 4. The SMILES string of the molecule is NC(=O)OCCNc1nccc2cc3c(cc12)OCCO3. The average molecular weight is 289 g/mol. The van der Waals surface area contributed by atoms with Crippen molar-refractivity contribution in [2.75, 3.05) is 31.7 Å². The maximum Gasteiger partial charge on any atom is 0.404 e. The minimum Gasteiger partial charge on any atom is -0.486 e. The number of benzene rings is 1. The third kappa shape index (κ3) is 2.91. The molecule has 0 radical (unpaired) electrons. The number of nitrogens with one attached hydrogen (secondary N) is 1. The number of ether oxygens (including phenoxy) is 3. The monoisotopic (exact) mass is 289 g/mol. The van der Waals surface area contributed by atoms with E-state index in [9.17, 15) is 4.79 Å². The molecule has 1 aliphatic rings. The van der Waals surface area contributed by atoms with E-state index in [4.69, 9.17) is 15.2 Å². The molecule has 2 heterocycles. The summed E-state index contributed by atoms with van der Waals surface area (Å²) in [5.74, 6) is 2.14. The van der Waals surface area contributed by atoms with Crippen molar-refractivity contribution in [3.8, 4) is 11.5 Å². The van der Waals surface area contributed by atoms with E-state index in [0.717, 1.165) is 16.5 Å². The van der Waals surface area contributed by atoms with E-state index in [1.807, 2.05) is 18.2 Å². The molecule has 0 saturated heterocycles. The van der Waals surface area contributed by atoms with E-state index >= 15 is 0 Å². The Morgan fingerprint density at radius 2 is 2.10 bits per heavy atom. The number of hydrogen-bond donors (Lipinski definition) is 2. The first kappa shape index (κ1) is 13.3. The Labute approximate surface area is 121 Å². The Morgan fingerprint density at radius 1 is 1.33 bits per heavy atom. The first-order chi connectivity index (χ1) is 10.2.